The summed E-state index contributed by atoms with van der Waals surface area (Å²) in [5.41, 5.74) is 4.03. The van der Waals surface area contributed by atoms with Crippen molar-refractivity contribution in [1.82, 2.24) is 9.38 Å². The van der Waals surface area contributed by atoms with Gasteiger partial charge in [-0.05, 0) is 46.6 Å². The Balaban J connectivity index is 1.98. The van der Waals surface area contributed by atoms with Gasteiger partial charge in [0.15, 0.2) is 0 Å². The van der Waals surface area contributed by atoms with Crippen LogP contribution in [0.3, 0.4) is 0 Å². The molecular weight excluding hydrogens is 392 g/mol. The summed E-state index contributed by atoms with van der Waals surface area (Å²) in [7, 11) is 1.98. The molecule has 2 aromatic heterocycles. The van der Waals surface area contributed by atoms with E-state index >= 15 is 0 Å². The summed E-state index contributed by atoms with van der Waals surface area (Å²) < 4.78 is 3.12. The van der Waals surface area contributed by atoms with Crippen LogP contribution in [0.2, 0.25) is 0 Å². The maximum atomic E-state index is 9.11. The number of halogens is 1. The van der Waals surface area contributed by atoms with E-state index in [0.29, 0.717) is 6.54 Å². The number of fused-ring (bicyclic) bond motifs is 1. The van der Waals surface area contributed by atoms with Crippen LogP contribution in [0.15, 0.2) is 47.1 Å². The molecule has 3 aromatic rings. The molecule has 0 fully saturated rings. The summed E-state index contributed by atoms with van der Waals surface area (Å²) in [6, 6.07) is 12.3. The highest BCUT2D eigenvalue weighted by atomic mass is 79.9. The molecule has 2 N–H and O–H groups in total. The van der Waals surface area contributed by atoms with Crippen molar-refractivity contribution < 1.29 is 5.11 Å². The summed E-state index contributed by atoms with van der Waals surface area (Å²) in [5.74, 6) is 1.02. The van der Waals surface area contributed by atoms with Gasteiger partial charge in [-0.2, -0.15) is 0 Å². The molecule has 0 amide bonds. The standard InChI is InChI=1S/C20H25BrN4O/c1-3-4-11-22-20-19(23-18-10-7-16(21)14-25(18)20)15-5-8-17(9-6-15)24(2)12-13-26/h5-10,14,22,26H,3-4,11-13H2,1-2H3. The highest BCUT2D eigenvalue weighted by molar-refractivity contribution is 9.10. The van der Waals surface area contributed by atoms with Crippen LogP contribution in [0.4, 0.5) is 11.5 Å². The number of hydrogen-bond acceptors (Lipinski definition) is 4. The normalized spacial score (nSPS) is 11.1. The molecular formula is C20H25BrN4O. The zero-order chi connectivity index (χ0) is 18.5. The SMILES string of the molecule is CCCCNc1c(-c2ccc(N(C)CCO)cc2)nc2ccc(Br)cn12. The second-order valence-corrected chi connectivity index (χ2v) is 7.27. The molecule has 0 bridgehead atoms. The molecule has 0 aliphatic carbocycles. The van der Waals surface area contributed by atoms with Crippen LogP contribution in [-0.4, -0.2) is 41.2 Å². The van der Waals surface area contributed by atoms with Gasteiger partial charge < -0.3 is 15.3 Å². The number of unbranched alkanes of at least 4 members (excludes halogenated alkanes) is 1. The third kappa shape index (κ3) is 4.02. The van der Waals surface area contributed by atoms with Crippen LogP contribution in [0.5, 0.6) is 0 Å². The second kappa shape index (κ2) is 8.56. The summed E-state index contributed by atoms with van der Waals surface area (Å²) >= 11 is 3.55. The predicted octanol–water partition coefficient (Wildman–Crippen LogP) is 4.40. The number of rotatable bonds is 8. The first-order valence-electron chi connectivity index (χ1n) is 8.98. The first kappa shape index (κ1) is 18.7. The summed E-state index contributed by atoms with van der Waals surface area (Å²) in [6.07, 6.45) is 4.31. The fourth-order valence-corrected chi connectivity index (χ4v) is 3.26. The van der Waals surface area contributed by atoms with Crippen LogP contribution < -0.4 is 10.2 Å². The molecule has 0 radical (unpaired) electrons. The number of pyridine rings is 1. The lowest BCUT2D eigenvalue weighted by atomic mass is 10.1. The Kier molecular flexibility index (Phi) is 6.16. The van der Waals surface area contributed by atoms with Crippen LogP contribution in [0.25, 0.3) is 16.9 Å². The van der Waals surface area contributed by atoms with E-state index < -0.39 is 0 Å². The number of nitrogens with one attached hydrogen (secondary N) is 1. The third-order valence-corrected chi connectivity index (χ3v) is 4.89. The van der Waals surface area contributed by atoms with E-state index in [2.05, 4.69) is 56.8 Å². The maximum Gasteiger partial charge on any atom is 0.139 e. The Labute approximate surface area is 162 Å². The van der Waals surface area contributed by atoms with Gasteiger partial charge in [0.05, 0.1) is 6.61 Å². The minimum Gasteiger partial charge on any atom is -0.395 e. The predicted molar refractivity (Wildman–Crippen MR) is 112 cm³/mol. The number of benzene rings is 1. The molecule has 5 nitrogen and oxygen atoms in total. The lowest BCUT2D eigenvalue weighted by Gasteiger charge is -2.18. The van der Waals surface area contributed by atoms with E-state index in [0.717, 1.165) is 52.3 Å². The van der Waals surface area contributed by atoms with Gasteiger partial charge in [0.1, 0.15) is 17.2 Å². The van der Waals surface area contributed by atoms with Crippen LogP contribution >= 0.6 is 15.9 Å². The molecule has 0 saturated heterocycles. The van der Waals surface area contributed by atoms with Gasteiger partial charge in [0, 0.05) is 42.1 Å². The molecule has 6 heteroatoms. The molecule has 138 valence electrons. The topological polar surface area (TPSA) is 52.8 Å². The Morgan fingerprint density at radius 1 is 1.19 bits per heavy atom. The van der Waals surface area contributed by atoms with Crippen molar-refractivity contribution in [1.29, 1.82) is 0 Å². The fraction of sp³-hybridized carbons (Fsp3) is 0.350. The van der Waals surface area contributed by atoms with Gasteiger partial charge in [0.25, 0.3) is 0 Å². The van der Waals surface area contributed by atoms with Crippen molar-refractivity contribution in [3.63, 3.8) is 0 Å². The minimum absolute atomic E-state index is 0.144. The Hall–Kier alpha value is -2.05. The van der Waals surface area contributed by atoms with Crippen LogP contribution in [-0.2, 0) is 0 Å². The van der Waals surface area contributed by atoms with E-state index in [-0.39, 0.29) is 6.61 Å². The first-order valence-corrected chi connectivity index (χ1v) is 9.77. The van der Waals surface area contributed by atoms with Crippen molar-refractivity contribution in [2.24, 2.45) is 0 Å². The molecule has 3 rings (SSSR count). The summed E-state index contributed by atoms with van der Waals surface area (Å²) in [4.78, 5) is 6.87. The van der Waals surface area contributed by atoms with Crippen molar-refractivity contribution in [3.05, 3.63) is 47.1 Å². The van der Waals surface area contributed by atoms with Crippen molar-refractivity contribution in [3.8, 4) is 11.3 Å². The van der Waals surface area contributed by atoms with Crippen molar-refractivity contribution in [2.75, 3.05) is 37.0 Å². The average molecular weight is 417 g/mol. The molecule has 2 heterocycles. The van der Waals surface area contributed by atoms with E-state index in [9.17, 15) is 0 Å². The number of imidazole rings is 1. The second-order valence-electron chi connectivity index (χ2n) is 6.36. The molecule has 0 saturated carbocycles. The van der Waals surface area contributed by atoms with E-state index in [4.69, 9.17) is 10.1 Å². The van der Waals surface area contributed by atoms with Gasteiger partial charge in [0.2, 0.25) is 0 Å². The van der Waals surface area contributed by atoms with E-state index in [1.807, 2.05) is 30.3 Å². The number of aromatic nitrogens is 2. The fourth-order valence-electron chi connectivity index (χ4n) is 2.93. The smallest absolute Gasteiger partial charge is 0.139 e. The van der Waals surface area contributed by atoms with Gasteiger partial charge >= 0.3 is 0 Å². The summed E-state index contributed by atoms with van der Waals surface area (Å²) in [6.45, 7) is 3.87. The third-order valence-electron chi connectivity index (χ3n) is 4.42. The number of nitrogens with zero attached hydrogens (tertiary/aromatic N) is 3. The lowest BCUT2D eigenvalue weighted by Crippen LogP contribution is -2.20. The number of hydrogen-bond donors (Lipinski definition) is 2. The largest absolute Gasteiger partial charge is 0.395 e. The minimum atomic E-state index is 0.144. The average Bonchev–Trinajstić information content (AvgIpc) is 3.00. The van der Waals surface area contributed by atoms with Crippen LogP contribution in [0, 0.1) is 0 Å². The highest BCUT2D eigenvalue weighted by Gasteiger charge is 2.14. The van der Waals surface area contributed by atoms with E-state index in [1.165, 1.54) is 0 Å². The number of likely N-dealkylation sites (N-methyl/N-ethyl adjacent to an activating group) is 1. The van der Waals surface area contributed by atoms with Crippen molar-refractivity contribution in [2.45, 2.75) is 19.8 Å². The molecule has 0 spiro atoms. The van der Waals surface area contributed by atoms with E-state index in [1.54, 1.807) is 0 Å². The Bertz CT molecular complexity index is 860. The number of aliphatic hydroxyl groups excluding tert-OH is 1. The van der Waals surface area contributed by atoms with Gasteiger partial charge in [-0.15, -0.1) is 0 Å². The zero-order valence-corrected chi connectivity index (χ0v) is 16.8. The first-order chi connectivity index (χ1) is 12.6. The monoisotopic (exact) mass is 416 g/mol. The lowest BCUT2D eigenvalue weighted by molar-refractivity contribution is 0.304. The molecule has 26 heavy (non-hydrogen) atoms. The van der Waals surface area contributed by atoms with Crippen LogP contribution in [0.1, 0.15) is 19.8 Å². The Morgan fingerprint density at radius 2 is 1.96 bits per heavy atom. The van der Waals surface area contributed by atoms with Gasteiger partial charge in [-0.25, -0.2) is 4.98 Å². The zero-order valence-electron chi connectivity index (χ0n) is 15.2. The molecule has 0 atom stereocenters. The maximum absolute atomic E-state index is 9.11. The highest BCUT2D eigenvalue weighted by Crippen LogP contribution is 2.31. The molecule has 0 aliphatic heterocycles. The van der Waals surface area contributed by atoms with Gasteiger partial charge in [-0.3, -0.25) is 4.40 Å². The molecule has 0 aliphatic rings. The Morgan fingerprint density at radius 3 is 2.65 bits per heavy atom. The quantitative estimate of drug-likeness (QED) is 0.534. The molecule has 0 unspecified atom stereocenters. The van der Waals surface area contributed by atoms with Gasteiger partial charge in [-0.1, -0.05) is 25.5 Å². The molecule has 1 aromatic carbocycles. The number of aliphatic hydroxyl groups is 1. The van der Waals surface area contributed by atoms with Crippen molar-refractivity contribution >= 4 is 33.1 Å². The summed E-state index contributed by atoms with van der Waals surface area (Å²) in [5, 5.41) is 12.7. The number of anilines is 2.